The van der Waals surface area contributed by atoms with Gasteiger partial charge in [0.15, 0.2) is 11.0 Å². The molecule has 0 saturated heterocycles. The van der Waals surface area contributed by atoms with E-state index in [0.29, 0.717) is 11.7 Å². The van der Waals surface area contributed by atoms with Gasteiger partial charge in [0.25, 0.3) is 15.5 Å². The Morgan fingerprint density at radius 3 is 2.50 bits per heavy atom. The smallest absolute Gasteiger partial charge is 0.287 e. The third kappa shape index (κ3) is 3.78. The largest absolute Gasteiger partial charge is 0.334 e. The summed E-state index contributed by atoms with van der Waals surface area (Å²) in [5.74, 6) is -0.401. The van der Waals surface area contributed by atoms with Gasteiger partial charge in [-0.25, -0.2) is 17.9 Å². The number of anilines is 1. The predicted molar refractivity (Wildman–Crippen MR) is 81.7 cm³/mol. The molecule has 1 aromatic heterocycles. The van der Waals surface area contributed by atoms with Gasteiger partial charge in [0.05, 0.1) is 16.6 Å². The van der Waals surface area contributed by atoms with E-state index in [9.17, 15) is 18.0 Å². The molecule has 8 nitrogen and oxygen atoms in total. The number of aromatic nitrogens is 2. The summed E-state index contributed by atoms with van der Waals surface area (Å²) in [6, 6.07) is 4.77. The van der Waals surface area contributed by atoms with Crippen molar-refractivity contribution in [3.8, 4) is 0 Å². The summed E-state index contributed by atoms with van der Waals surface area (Å²) in [4.78, 5) is 23.1. The zero-order chi connectivity index (χ0) is 16.3. The summed E-state index contributed by atoms with van der Waals surface area (Å²) in [6.45, 7) is 1.80. The third-order valence-electron chi connectivity index (χ3n) is 2.45. The molecule has 0 fully saturated rings. The van der Waals surface area contributed by atoms with Crippen LogP contribution in [0.3, 0.4) is 0 Å². The van der Waals surface area contributed by atoms with Crippen LogP contribution in [-0.4, -0.2) is 23.2 Å². The van der Waals surface area contributed by atoms with Crippen LogP contribution in [0.15, 0.2) is 34.0 Å². The quantitative estimate of drug-likeness (QED) is 0.853. The Labute approximate surface area is 134 Å². The van der Waals surface area contributed by atoms with Crippen LogP contribution in [0.5, 0.6) is 0 Å². The normalized spacial score (nSPS) is 11.0. The Kier molecular flexibility index (Phi) is 4.74. The van der Waals surface area contributed by atoms with E-state index in [-0.39, 0.29) is 10.0 Å². The second-order valence-corrected chi connectivity index (χ2v) is 6.67. The highest BCUT2D eigenvalue weighted by atomic mass is 35.5. The van der Waals surface area contributed by atoms with Crippen molar-refractivity contribution in [2.75, 3.05) is 5.32 Å². The van der Waals surface area contributed by atoms with Gasteiger partial charge in [-0.1, -0.05) is 29.3 Å². The lowest BCUT2D eigenvalue weighted by atomic mass is 10.2. The molecule has 0 spiro atoms. The number of nitrogens with zero attached hydrogens (tertiary/aromatic N) is 2. The van der Waals surface area contributed by atoms with Gasteiger partial charge in [-0.05, 0) is 19.1 Å². The van der Waals surface area contributed by atoms with Crippen molar-refractivity contribution in [1.82, 2.24) is 13.5 Å². The molecule has 0 unspecified atom stereocenters. The van der Waals surface area contributed by atoms with Crippen molar-refractivity contribution >= 4 is 45.2 Å². The molecule has 0 aliphatic rings. The Hall–Kier alpha value is -2.04. The van der Waals surface area contributed by atoms with Gasteiger partial charge in [0.1, 0.15) is 0 Å². The summed E-state index contributed by atoms with van der Waals surface area (Å²) in [5.41, 5.74) is 0.0693. The van der Waals surface area contributed by atoms with Crippen molar-refractivity contribution in [2.45, 2.75) is 11.8 Å². The lowest BCUT2D eigenvalue weighted by Crippen LogP contribution is -2.36. The summed E-state index contributed by atoms with van der Waals surface area (Å²) in [7, 11) is -4.06. The number of benzene rings is 1. The number of nitrogens with one attached hydrogen (secondary N) is 2. The molecule has 22 heavy (non-hydrogen) atoms. The van der Waals surface area contributed by atoms with Gasteiger partial charge in [-0.15, -0.1) is 0 Å². The third-order valence-corrected chi connectivity index (χ3v) is 4.68. The molecular weight excluding hydrogens is 352 g/mol. The highest BCUT2D eigenvalue weighted by Gasteiger charge is 2.19. The molecule has 0 aliphatic carbocycles. The van der Waals surface area contributed by atoms with Gasteiger partial charge < -0.3 is 0 Å². The van der Waals surface area contributed by atoms with E-state index in [0.717, 1.165) is 5.56 Å². The molecule has 0 atom stereocenters. The molecule has 116 valence electrons. The zero-order valence-electron chi connectivity index (χ0n) is 11.0. The lowest BCUT2D eigenvalue weighted by Gasteiger charge is -2.07. The number of sulfonamides is 1. The Morgan fingerprint density at radius 2 is 1.86 bits per heavy atom. The van der Waals surface area contributed by atoms with Gasteiger partial charge in [-0.3, -0.25) is 10.1 Å². The number of rotatable bonds is 3. The molecule has 1 aromatic carbocycles. The van der Waals surface area contributed by atoms with Crippen molar-refractivity contribution < 1.29 is 13.2 Å². The summed E-state index contributed by atoms with van der Waals surface area (Å²) >= 11 is 6.10. The fourth-order valence-corrected chi connectivity index (χ4v) is 2.88. The highest BCUT2D eigenvalue weighted by molar-refractivity contribution is 7.90. The van der Waals surface area contributed by atoms with Gasteiger partial charge >= 0.3 is 6.03 Å². The predicted octanol–water partition coefficient (Wildman–Crippen LogP) is 1.37. The Morgan fingerprint density at radius 1 is 1.23 bits per heavy atom. The molecule has 0 bridgehead atoms. The van der Waals surface area contributed by atoms with E-state index in [1.807, 2.05) is 5.32 Å². The first-order chi connectivity index (χ1) is 10.3. The monoisotopic (exact) mass is 360 g/mol. The molecule has 1 heterocycles. The number of urea groups is 1. The molecular formula is C11H9ClN4O4S2. The van der Waals surface area contributed by atoms with Crippen LogP contribution in [0.25, 0.3) is 0 Å². The van der Waals surface area contributed by atoms with Crippen LogP contribution >= 0.6 is 23.3 Å². The zero-order valence-corrected chi connectivity index (χ0v) is 13.4. The number of aryl methyl sites for hydroxylation is 1. The minimum Gasteiger partial charge on any atom is -0.287 e. The average Bonchev–Trinajstić information content (AvgIpc) is 2.44. The van der Waals surface area contributed by atoms with E-state index in [1.54, 1.807) is 23.8 Å². The number of carbonyl (C=O) groups is 1. The van der Waals surface area contributed by atoms with E-state index >= 15 is 0 Å². The maximum Gasteiger partial charge on any atom is 0.334 e. The Bertz CT molecular complexity index is 864. The number of carbonyl (C=O) groups excluding carboxylic acids is 1. The fraction of sp³-hybridized carbons (Fsp3) is 0.0909. The molecule has 2 N–H and O–H groups in total. The van der Waals surface area contributed by atoms with Gasteiger partial charge in [0, 0.05) is 0 Å². The number of hydrogen-bond acceptors (Lipinski definition) is 7. The SMILES string of the molecule is Cc1ccc(S(=O)(=O)NC(=O)Nc2nsnc(Cl)c2=O)cc1. The number of halogens is 1. The molecule has 2 aromatic rings. The lowest BCUT2D eigenvalue weighted by molar-refractivity contribution is 0.256. The molecule has 0 saturated carbocycles. The molecule has 2 rings (SSSR count). The topological polar surface area (TPSA) is 118 Å². The van der Waals surface area contributed by atoms with Crippen molar-refractivity contribution in [3.05, 3.63) is 45.2 Å². The second-order valence-electron chi connectivity index (χ2n) is 4.11. The van der Waals surface area contributed by atoms with Crippen molar-refractivity contribution in [2.24, 2.45) is 0 Å². The van der Waals surface area contributed by atoms with Gasteiger partial charge in [0.2, 0.25) is 0 Å². The van der Waals surface area contributed by atoms with E-state index < -0.39 is 27.3 Å². The van der Waals surface area contributed by atoms with E-state index in [2.05, 4.69) is 8.75 Å². The van der Waals surface area contributed by atoms with Crippen molar-refractivity contribution in [1.29, 1.82) is 0 Å². The summed E-state index contributed by atoms with van der Waals surface area (Å²) in [6.07, 6.45) is 0. The van der Waals surface area contributed by atoms with Crippen molar-refractivity contribution in [3.63, 3.8) is 0 Å². The van der Waals surface area contributed by atoms with Crippen LogP contribution in [0.4, 0.5) is 10.6 Å². The minimum atomic E-state index is -4.06. The highest BCUT2D eigenvalue weighted by Crippen LogP contribution is 2.10. The number of hydrogen-bond donors (Lipinski definition) is 2. The standard InChI is InChI=1S/C11H9ClN4O4S2/c1-6-2-4-7(5-3-6)22(19,20)16-11(18)13-10-8(17)9(12)14-21-15-10/h2-5H,1H3,(H2,13,15,16,18). The van der Waals surface area contributed by atoms with E-state index in [4.69, 9.17) is 11.6 Å². The number of amides is 2. The van der Waals surface area contributed by atoms with Crippen LogP contribution in [-0.2, 0) is 10.0 Å². The average molecular weight is 361 g/mol. The maximum absolute atomic E-state index is 12.0. The Balaban J connectivity index is 2.16. The molecule has 0 aliphatic heterocycles. The van der Waals surface area contributed by atoms with Crippen LogP contribution < -0.4 is 15.5 Å². The maximum atomic E-state index is 12.0. The molecule has 2 amide bonds. The summed E-state index contributed by atoms with van der Waals surface area (Å²) < 4.78 is 32.8. The van der Waals surface area contributed by atoms with Crippen LogP contribution in [0, 0.1) is 6.92 Å². The summed E-state index contributed by atoms with van der Waals surface area (Å²) in [5, 5.41) is 1.66. The van der Waals surface area contributed by atoms with Gasteiger partial charge in [-0.2, -0.15) is 8.75 Å². The van der Waals surface area contributed by atoms with Crippen LogP contribution in [0.2, 0.25) is 5.15 Å². The molecule has 0 radical (unpaired) electrons. The van der Waals surface area contributed by atoms with E-state index in [1.165, 1.54) is 12.1 Å². The first kappa shape index (κ1) is 16.3. The first-order valence-corrected chi connectivity index (χ1v) is 8.31. The second kappa shape index (κ2) is 6.38. The molecule has 11 heteroatoms. The first-order valence-electron chi connectivity index (χ1n) is 5.72. The fourth-order valence-electron chi connectivity index (χ4n) is 1.39. The minimum absolute atomic E-state index is 0.0841. The van der Waals surface area contributed by atoms with Crippen LogP contribution in [0.1, 0.15) is 5.56 Å².